The van der Waals surface area contributed by atoms with Gasteiger partial charge < -0.3 is 4.90 Å². The van der Waals surface area contributed by atoms with Crippen LogP contribution >= 0.6 is 15.9 Å². The van der Waals surface area contributed by atoms with Crippen molar-refractivity contribution in [2.45, 2.75) is 19.3 Å². The molecular formula is C16H20BrN3O. The average molecular weight is 350 g/mol. The smallest absolute Gasteiger partial charge is 0.282 e. The third-order valence-corrected chi connectivity index (χ3v) is 4.27. The lowest BCUT2D eigenvalue weighted by Gasteiger charge is -2.20. The Hall–Kier alpha value is -1.62. The highest BCUT2D eigenvalue weighted by Gasteiger charge is 2.10. The zero-order valence-corrected chi connectivity index (χ0v) is 14.0. The van der Waals surface area contributed by atoms with E-state index in [-0.39, 0.29) is 5.56 Å². The predicted octanol–water partition coefficient (Wildman–Crippen LogP) is 3.00. The van der Waals surface area contributed by atoms with Crippen LogP contribution in [-0.4, -0.2) is 23.4 Å². The Morgan fingerprint density at radius 2 is 1.95 bits per heavy atom. The maximum atomic E-state index is 11.8. The highest BCUT2D eigenvalue weighted by molar-refractivity contribution is 9.10. The molecule has 1 aromatic heterocycles. The molecule has 1 heterocycles. The summed E-state index contributed by atoms with van der Waals surface area (Å²) in [5, 5.41) is 4.07. The monoisotopic (exact) mass is 349 g/mol. The Morgan fingerprint density at radius 3 is 2.67 bits per heavy atom. The second kappa shape index (κ2) is 7.41. The van der Waals surface area contributed by atoms with Crippen LogP contribution in [0.3, 0.4) is 0 Å². The summed E-state index contributed by atoms with van der Waals surface area (Å²) in [5.41, 5.74) is 2.11. The van der Waals surface area contributed by atoms with Gasteiger partial charge in [-0.15, -0.1) is 0 Å². The summed E-state index contributed by atoms with van der Waals surface area (Å²) in [6, 6.07) is 10.5. The first kappa shape index (κ1) is 15.8. The summed E-state index contributed by atoms with van der Waals surface area (Å²) in [6.07, 6.45) is 5.02. The highest BCUT2D eigenvalue weighted by atomic mass is 79.9. The molecule has 0 N–H and O–H groups in total. The third-order valence-electron chi connectivity index (χ3n) is 3.52. The molecule has 0 bridgehead atoms. The molecule has 0 spiro atoms. The van der Waals surface area contributed by atoms with E-state index in [0.29, 0.717) is 4.47 Å². The number of anilines is 1. The van der Waals surface area contributed by atoms with E-state index < -0.39 is 0 Å². The quantitative estimate of drug-likeness (QED) is 0.752. The van der Waals surface area contributed by atoms with Gasteiger partial charge in [-0.05, 0) is 40.8 Å². The van der Waals surface area contributed by atoms with Crippen molar-refractivity contribution in [2.24, 2.45) is 7.05 Å². The zero-order chi connectivity index (χ0) is 15.2. The Labute approximate surface area is 133 Å². The molecule has 0 unspecified atom stereocenters. The maximum Gasteiger partial charge on any atom is 0.282 e. The summed E-state index contributed by atoms with van der Waals surface area (Å²) in [7, 11) is 3.64. The summed E-state index contributed by atoms with van der Waals surface area (Å²) >= 11 is 3.36. The zero-order valence-electron chi connectivity index (χ0n) is 12.4. The minimum absolute atomic E-state index is 0.108. The molecule has 0 aliphatic carbocycles. The first-order chi connectivity index (χ1) is 10.1. The number of hydrogen-bond acceptors (Lipinski definition) is 3. The van der Waals surface area contributed by atoms with E-state index in [1.165, 1.54) is 10.2 Å². The molecule has 0 saturated heterocycles. The molecule has 21 heavy (non-hydrogen) atoms. The fourth-order valence-electron chi connectivity index (χ4n) is 2.21. The van der Waals surface area contributed by atoms with Gasteiger partial charge in [0, 0.05) is 20.6 Å². The number of nitrogens with zero attached hydrogens (tertiary/aromatic N) is 3. The van der Waals surface area contributed by atoms with Crippen molar-refractivity contribution in [1.82, 2.24) is 9.78 Å². The van der Waals surface area contributed by atoms with E-state index >= 15 is 0 Å². The van der Waals surface area contributed by atoms with Crippen LogP contribution in [0.25, 0.3) is 0 Å². The van der Waals surface area contributed by atoms with E-state index in [1.54, 1.807) is 13.2 Å². The second-order valence-corrected chi connectivity index (χ2v) is 5.93. The predicted molar refractivity (Wildman–Crippen MR) is 89.8 cm³/mol. The minimum atomic E-state index is -0.108. The second-order valence-electron chi connectivity index (χ2n) is 5.14. The molecule has 0 fully saturated rings. The molecule has 0 amide bonds. The maximum absolute atomic E-state index is 11.8. The van der Waals surface area contributed by atoms with Gasteiger partial charge in [0.2, 0.25) is 0 Å². The molecule has 1 aromatic carbocycles. The van der Waals surface area contributed by atoms with Crippen LogP contribution in [0.4, 0.5) is 5.69 Å². The van der Waals surface area contributed by atoms with E-state index in [4.69, 9.17) is 0 Å². The number of aryl methyl sites for hydroxylation is 2. The Balaban J connectivity index is 1.86. The molecule has 2 rings (SSSR count). The number of benzene rings is 1. The standard InChI is InChI=1S/C16H20BrN3O/c1-19(14-12-18-20(2)16(21)15(14)17)11-7-6-10-13-8-4-3-5-9-13/h3-5,8-9,12H,6-7,10-11H2,1-2H3. The van der Waals surface area contributed by atoms with E-state index in [0.717, 1.165) is 31.5 Å². The van der Waals surface area contributed by atoms with Gasteiger partial charge in [-0.25, -0.2) is 4.68 Å². The van der Waals surface area contributed by atoms with Crippen molar-refractivity contribution in [3.05, 3.63) is 56.9 Å². The fraction of sp³-hybridized carbons (Fsp3) is 0.375. The van der Waals surface area contributed by atoms with Gasteiger partial charge in [-0.3, -0.25) is 4.79 Å². The molecule has 0 atom stereocenters. The van der Waals surface area contributed by atoms with Crippen molar-refractivity contribution in [3.8, 4) is 0 Å². The van der Waals surface area contributed by atoms with Gasteiger partial charge in [-0.1, -0.05) is 30.3 Å². The number of rotatable bonds is 6. The van der Waals surface area contributed by atoms with Gasteiger partial charge in [-0.2, -0.15) is 5.10 Å². The van der Waals surface area contributed by atoms with Crippen molar-refractivity contribution in [1.29, 1.82) is 0 Å². The molecule has 5 heteroatoms. The average Bonchev–Trinajstić information content (AvgIpc) is 2.50. The molecule has 4 nitrogen and oxygen atoms in total. The molecular weight excluding hydrogens is 330 g/mol. The number of unbranched alkanes of at least 4 members (excludes halogenated alkanes) is 1. The van der Waals surface area contributed by atoms with Gasteiger partial charge >= 0.3 is 0 Å². The molecule has 0 aliphatic heterocycles. The van der Waals surface area contributed by atoms with E-state index in [1.807, 2.05) is 13.1 Å². The third kappa shape index (κ3) is 4.17. The summed E-state index contributed by atoms with van der Waals surface area (Å²) in [5.74, 6) is 0. The number of aromatic nitrogens is 2. The molecule has 0 aliphatic rings. The minimum Gasteiger partial charge on any atom is -0.372 e. The van der Waals surface area contributed by atoms with Crippen molar-refractivity contribution >= 4 is 21.6 Å². The SMILES string of the molecule is CN(CCCCc1ccccc1)c1cnn(C)c(=O)c1Br. The van der Waals surface area contributed by atoms with Crippen molar-refractivity contribution in [2.75, 3.05) is 18.5 Å². The van der Waals surface area contributed by atoms with Crippen molar-refractivity contribution < 1.29 is 0 Å². The summed E-state index contributed by atoms with van der Waals surface area (Å²) < 4.78 is 1.90. The molecule has 112 valence electrons. The van der Waals surface area contributed by atoms with Crippen LogP contribution in [0.1, 0.15) is 18.4 Å². The van der Waals surface area contributed by atoms with Gasteiger partial charge in [0.05, 0.1) is 11.9 Å². The van der Waals surface area contributed by atoms with Crippen LogP contribution in [0.15, 0.2) is 45.8 Å². The van der Waals surface area contributed by atoms with Gasteiger partial charge in [0.1, 0.15) is 4.47 Å². The number of hydrogen-bond donors (Lipinski definition) is 0. The number of halogens is 1. The first-order valence-electron chi connectivity index (χ1n) is 7.06. The highest BCUT2D eigenvalue weighted by Crippen LogP contribution is 2.20. The topological polar surface area (TPSA) is 38.1 Å². The van der Waals surface area contributed by atoms with Crippen molar-refractivity contribution in [3.63, 3.8) is 0 Å². The van der Waals surface area contributed by atoms with E-state index in [9.17, 15) is 4.79 Å². The lowest BCUT2D eigenvalue weighted by atomic mass is 10.1. The summed E-state index contributed by atoms with van der Waals surface area (Å²) in [6.45, 7) is 0.903. The fourth-order valence-corrected chi connectivity index (χ4v) is 2.87. The van der Waals surface area contributed by atoms with Crippen LogP contribution in [0.2, 0.25) is 0 Å². The molecule has 0 radical (unpaired) electrons. The van der Waals surface area contributed by atoms with Gasteiger partial charge in [0.15, 0.2) is 0 Å². The van der Waals surface area contributed by atoms with E-state index in [2.05, 4.69) is 50.2 Å². The molecule has 2 aromatic rings. The van der Waals surface area contributed by atoms with Crippen LogP contribution < -0.4 is 10.5 Å². The van der Waals surface area contributed by atoms with Crippen LogP contribution in [0, 0.1) is 0 Å². The lowest BCUT2D eigenvalue weighted by molar-refractivity contribution is 0.686. The van der Waals surface area contributed by atoms with Gasteiger partial charge in [0.25, 0.3) is 5.56 Å². The van der Waals surface area contributed by atoms with Crippen LogP contribution in [0.5, 0.6) is 0 Å². The van der Waals surface area contributed by atoms with Crippen LogP contribution in [-0.2, 0) is 13.5 Å². The Kier molecular flexibility index (Phi) is 5.56. The first-order valence-corrected chi connectivity index (χ1v) is 7.86. The largest absolute Gasteiger partial charge is 0.372 e. The lowest BCUT2D eigenvalue weighted by Crippen LogP contribution is -2.26. The molecule has 0 saturated carbocycles. The summed E-state index contributed by atoms with van der Waals surface area (Å²) in [4.78, 5) is 13.9. The normalized spacial score (nSPS) is 10.6. The Morgan fingerprint density at radius 1 is 1.24 bits per heavy atom. The Bertz CT molecular complexity index is 640.